The number of carbonyl (C=O) groups is 2. The lowest BCUT2D eigenvalue weighted by Gasteiger charge is -2.20. The number of allylic oxidation sites excluding steroid dienone is 3. The van der Waals surface area contributed by atoms with Crippen LogP contribution in [0.1, 0.15) is 54.4 Å². The van der Waals surface area contributed by atoms with Crippen molar-refractivity contribution in [1.82, 2.24) is 5.32 Å². The Morgan fingerprint density at radius 3 is 2.30 bits per heavy atom. The van der Waals surface area contributed by atoms with Crippen LogP contribution in [0.15, 0.2) is 35.3 Å². The molecule has 0 bridgehead atoms. The lowest BCUT2D eigenvalue weighted by molar-refractivity contribution is -0.138. The Kier molecular flexibility index (Phi) is 11.0. The average molecular weight is 389 g/mol. The molecule has 0 aromatic rings. The number of esters is 1. The number of rotatable bonds is 9. The molecule has 1 amide bonds. The molecule has 0 aliphatic heterocycles. The van der Waals surface area contributed by atoms with E-state index in [-0.39, 0.29) is 23.6 Å². The van der Waals surface area contributed by atoms with E-state index in [1.807, 2.05) is 6.92 Å². The third-order valence-electron chi connectivity index (χ3n) is 2.78. The van der Waals surface area contributed by atoms with Gasteiger partial charge >= 0.3 is 18.7 Å². The molecule has 0 saturated carbocycles. The maximum absolute atomic E-state index is 12.5. The molecule has 0 unspecified atom stereocenters. The lowest BCUT2D eigenvalue weighted by Crippen LogP contribution is -2.33. The summed E-state index contributed by atoms with van der Waals surface area (Å²) in [5, 5.41) is 2.41. The van der Waals surface area contributed by atoms with Crippen LogP contribution >= 0.6 is 0 Å². The smallest absolute Gasteiger partial charge is 0.412 e. The van der Waals surface area contributed by atoms with Gasteiger partial charge in [0.15, 0.2) is 0 Å². The molecule has 0 aliphatic rings. The van der Waals surface area contributed by atoms with E-state index in [9.17, 15) is 18.4 Å². The largest absolute Gasteiger partial charge is 0.462 e. The van der Waals surface area contributed by atoms with Crippen LogP contribution in [0, 0.1) is 0 Å². The molecular weight excluding hydrogens is 360 g/mol. The fourth-order valence-corrected chi connectivity index (χ4v) is 1.82. The van der Waals surface area contributed by atoms with Gasteiger partial charge in [0.05, 0.1) is 17.9 Å². The number of alkyl carbamates (subject to hydrolysis) is 1. The second-order valence-electron chi connectivity index (χ2n) is 6.50. The van der Waals surface area contributed by atoms with Crippen LogP contribution in [-0.4, -0.2) is 30.9 Å². The fourth-order valence-electron chi connectivity index (χ4n) is 1.82. The Hall–Kier alpha value is -2.38. The Labute approximate surface area is 159 Å². The number of halogens is 2. The predicted molar refractivity (Wildman–Crippen MR) is 97.9 cm³/mol. The second-order valence-corrected chi connectivity index (χ2v) is 6.50. The first kappa shape index (κ1) is 24.6. The molecule has 0 aromatic carbocycles. The third-order valence-corrected chi connectivity index (χ3v) is 2.78. The van der Waals surface area contributed by atoms with Gasteiger partial charge in [0.2, 0.25) is 0 Å². The zero-order valence-corrected chi connectivity index (χ0v) is 16.7. The highest BCUT2D eigenvalue weighted by Crippen LogP contribution is 2.15. The number of amides is 1. The van der Waals surface area contributed by atoms with Crippen molar-refractivity contribution in [2.75, 3.05) is 6.61 Å². The van der Waals surface area contributed by atoms with E-state index < -0.39 is 24.3 Å². The van der Waals surface area contributed by atoms with E-state index in [2.05, 4.69) is 10.1 Å². The van der Waals surface area contributed by atoms with E-state index in [4.69, 9.17) is 9.47 Å². The number of nitrogens with one attached hydrogen (secondary N) is 1. The van der Waals surface area contributed by atoms with Gasteiger partial charge in [0.1, 0.15) is 11.4 Å². The Morgan fingerprint density at radius 1 is 1.19 bits per heavy atom. The van der Waals surface area contributed by atoms with Gasteiger partial charge < -0.3 is 14.2 Å². The molecule has 27 heavy (non-hydrogen) atoms. The van der Waals surface area contributed by atoms with Crippen molar-refractivity contribution in [2.45, 2.75) is 66.6 Å². The first-order valence-electron chi connectivity index (χ1n) is 8.71. The van der Waals surface area contributed by atoms with Crippen molar-refractivity contribution in [3.8, 4) is 0 Å². The van der Waals surface area contributed by atoms with Gasteiger partial charge in [-0.3, -0.25) is 5.32 Å². The monoisotopic (exact) mass is 389 g/mol. The summed E-state index contributed by atoms with van der Waals surface area (Å²) < 4.78 is 39.4. The van der Waals surface area contributed by atoms with Gasteiger partial charge in [0, 0.05) is 6.08 Å². The number of carbonyl (C=O) groups excluding carboxylic acids is 2. The summed E-state index contributed by atoms with van der Waals surface area (Å²) in [5.41, 5.74) is -0.850. The molecule has 8 heteroatoms. The quantitative estimate of drug-likeness (QED) is 0.265. The SMILES string of the molecule is CCC/C=C/C(C(=O)OCC)=C(\C=C(/C)OC(F)F)NC(=O)OC(C)(C)C. The van der Waals surface area contributed by atoms with Gasteiger partial charge in [-0.15, -0.1) is 0 Å². The van der Waals surface area contributed by atoms with E-state index in [1.54, 1.807) is 33.8 Å². The highest BCUT2D eigenvalue weighted by Gasteiger charge is 2.20. The third kappa shape index (κ3) is 11.8. The minimum absolute atomic E-state index is 0.00613. The fraction of sp³-hybridized carbons (Fsp3) is 0.579. The van der Waals surface area contributed by atoms with Gasteiger partial charge in [-0.25, -0.2) is 9.59 Å². The molecule has 154 valence electrons. The van der Waals surface area contributed by atoms with Crippen molar-refractivity contribution in [3.63, 3.8) is 0 Å². The molecule has 0 atom stereocenters. The highest BCUT2D eigenvalue weighted by atomic mass is 19.3. The molecule has 0 heterocycles. The number of unbranched alkanes of at least 4 members (excludes halogenated alkanes) is 1. The van der Waals surface area contributed by atoms with Crippen molar-refractivity contribution >= 4 is 12.1 Å². The van der Waals surface area contributed by atoms with Crippen LogP contribution < -0.4 is 5.32 Å². The van der Waals surface area contributed by atoms with Crippen LogP contribution in [0.4, 0.5) is 13.6 Å². The second kappa shape index (κ2) is 12.1. The van der Waals surface area contributed by atoms with Gasteiger partial charge in [-0.1, -0.05) is 19.4 Å². The van der Waals surface area contributed by atoms with Crippen LogP contribution in [0.5, 0.6) is 0 Å². The summed E-state index contributed by atoms with van der Waals surface area (Å²) in [7, 11) is 0. The summed E-state index contributed by atoms with van der Waals surface area (Å²) in [4.78, 5) is 24.4. The molecule has 6 nitrogen and oxygen atoms in total. The molecule has 0 saturated heterocycles. The van der Waals surface area contributed by atoms with Crippen LogP contribution in [0.25, 0.3) is 0 Å². The summed E-state index contributed by atoms with van der Waals surface area (Å²) >= 11 is 0. The van der Waals surface area contributed by atoms with Crippen molar-refractivity contribution in [1.29, 1.82) is 0 Å². The molecule has 0 aromatic heterocycles. The Morgan fingerprint density at radius 2 is 1.81 bits per heavy atom. The van der Waals surface area contributed by atoms with Crippen molar-refractivity contribution < 1.29 is 32.6 Å². The predicted octanol–water partition coefficient (Wildman–Crippen LogP) is 4.83. The minimum atomic E-state index is -3.04. The molecule has 0 fully saturated rings. The van der Waals surface area contributed by atoms with Gasteiger partial charge in [-0.05, 0) is 47.1 Å². The van der Waals surface area contributed by atoms with Crippen molar-refractivity contribution in [3.05, 3.63) is 35.3 Å². The van der Waals surface area contributed by atoms with Crippen LogP contribution in [0.3, 0.4) is 0 Å². The number of hydrogen-bond acceptors (Lipinski definition) is 5. The lowest BCUT2D eigenvalue weighted by atomic mass is 10.1. The normalized spacial score (nSPS) is 13.4. The molecule has 0 aliphatic carbocycles. The first-order chi connectivity index (χ1) is 12.5. The Balaban J connectivity index is 6.02. The molecule has 0 rings (SSSR count). The number of ether oxygens (including phenoxy) is 3. The summed E-state index contributed by atoms with van der Waals surface area (Å²) in [6.07, 6.45) is 4.99. The van der Waals surface area contributed by atoms with Crippen molar-refractivity contribution in [2.24, 2.45) is 0 Å². The molecule has 0 radical (unpaired) electrons. The van der Waals surface area contributed by atoms with Gasteiger partial charge in [0.25, 0.3) is 0 Å². The summed E-state index contributed by atoms with van der Waals surface area (Å²) in [6.45, 7) is 6.96. The average Bonchev–Trinajstić information content (AvgIpc) is 2.48. The standard InChI is InChI=1S/C19H29F2NO5/c1-7-9-10-11-14(16(23)25-8-2)15(12-13(3)26-17(20)21)22-18(24)27-19(4,5)6/h10-12,17H,7-9H2,1-6H3,(H,22,24)/b11-10+,13-12+,15-14-. The zero-order chi connectivity index (χ0) is 21.0. The van der Waals surface area contributed by atoms with Crippen LogP contribution in [0.2, 0.25) is 0 Å². The Bertz CT molecular complexity index is 589. The summed E-state index contributed by atoms with van der Waals surface area (Å²) in [6, 6.07) is 0. The maximum Gasteiger partial charge on any atom is 0.412 e. The van der Waals surface area contributed by atoms with E-state index in [0.29, 0.717) is 6.42 Å². The zero-order valence-electron chi connectivity index (χ0n) is 16.7. The molecular formula is C19H29F2NO5. The molecule has 0 spiro atoms. The topological polar surface area (TPSA) is 73.9 Å². The number of hydrogen-bond donors (Lipinski definition) is 1. The van der Waals surface area contributed by atoms with E-state index in [0.717, 1.165) is 12.5 Å². The van der Waals surface area contributed by atoms with Crippen LogP contribution in [-0.2, 0) is 19.0 Å². The summed E-state index contributed by atoms with van der Waals surface area (Å²) in [5.74, 6) is -0.904. The number of alkyl halides is 2. The van der Waals surface area contributed by atoms with E-state index in [1.165, 1.54) is 13.0 Å². The highest BCUT2D eigenvalue weighted by molar-refractivity contribution is 5.94. The van der Waals surface area contributed by atoms with E-state index >= 15 is 0 Å². The first-order valence-corrected chi connectivity index (χ1v) is 8.71. The maximum atomic E-state index is 12.5. The van der Waals surface area contributed by atoms with Gasteiger partial charge in [-0.2, -0.15) is 8.78 Å². The minimum Gasteiger partial charge on any atom is -0.462 e. The molecule has 1 N–H and O–H groups in total.